The van der Waals surface area contributed by atoms with E-state index in [0.717, 1.165) is 31.7 Å². The third kappa shape index (κ3) is 3.67. The van der Waals surface area contributed by atoms with Crippen molar-refractivity contribution in [2.75, 3.05) is 6.61 Å². The van der Waals surface area contributed by atoms with Gasteiger partial charge in [-0.3, -0.25) is 4.68 Å². The largest absolute Gasteiger partial charge is 0.375 e. The lowest BCUT2D eigenvalue weighted by Crippen LogP contribution is -2.38. The van der Waals surface area contributed by atoms with Crippen LogP contribution in [0.25, 0.3) is 0 Å². The van der Waals surface area contributed by atoms with Crippen LogP contribution in [-0.4, -0.2) is 27.5 Å². The van der Waals surface area contributed by atoms with Crippen molar-refractivity contribution in [2.24, 2.45) is 0 Å². The molecule has 0 radical (unpaired) electrons. The summed E-state index contributed by atoms with van der Waals surface area (Å²) in [6.07, 6.45) is 9.51. The van der Waals surface area contributed by atoms with Gasteiger partial charge >= 0.3 is 0 Å². The number of aromatic nitrogens is 2. The smallest absolute Gasteiger partial charge is 0.0762 e. The number of ether oxygens (including phenoxy) is 1. The number of hydrogen-bond acceptors (Lipinski definition) is 3. The molecule has 2 heterocycles. The van der Waals surface area contributed by atoms with E-state index in [0.29, 0.717) is 6.04 Å². The summed E-state index contributed by atoms with van der Waals surface area (Å²) in [5.74, 6) is 0. The van der Waals surface area contributed by atoms with Gasteiger partial charge in [-0.25, -0.2) is 0 Å². The van der Waals surface area contributed by atoms with E-state index in [9.17, 15) is 0 Å². The molecule has 1 N–H and O–H groups in total. The van der Waals surface area contributed by atoms with Gasteiger partial charge in [-0.2, -0.15) is 5.10 Å². The molecule has 1 unspecified atom stereocenters. The van der Waals surface area contributed by atoms with Crippen molar-refractivity contribution in [3.63, 3.8) is 0 Å². The third-order valence-electron chi connectivity index (χ3n) is 4.82. The number of nitrogens with zero attached hydrogens (tertiary/aromatic N) is 2. The molecule has 1 aliphatic carbocycles. The third-order valence-corrected chi connectivity index (χ3v) is 4.82. The molecule has 4 nitrogen and oxygen atoms in total. The number of nitrogens with one attached hydrogen (secondary N) is 1. The first-order valence-corrected chi connectivity index (χ1v) is 8.39. The van der Waals surface area contributed by atoms with Crippen LogP contribution in [0, 0.1) is 0 Å². The van der Waals surface area contributed by atoms with Gasteiger partial charge in [0.25, 0.3) is 0 Å². The average molecular weight is 291 g/mol. The van der Waals surface area contributed by atoms with E-state index in [4.69, 9.17) is 9.84 Å². The van der Waals surface area contributed by atoms with Crippen molar-refractivity contribution in [3.8, 4) is 0 Å². The Hall–Kier alpha value is -0.870. The fourth-order valence-electron chi connectivity index (χ4n) is 3.63. The topological polar surface area (TPSA) is 39.1 Å². The molecular weight excluding hydrogens is 262 g/mol. The molecule has 1 spiro atoms. The predicted molar refractivity (Wildman–Crippen MR) is 84.2 cm³/mol. The van der Waals surface area contributed by atoms with Crippen LogP contribution in [0.1, 0.15) is 71.0 Å². The van der Waals surface area contributed by atoms with Crippen LogP contribution in [0.2, 0.25) is 0 Å². The Balaban J connectivity index is 1.63. The molecule has 0 aromatic carbocycles. The van der Waals surface area contributed by atoms with Crippen LogP contribution in [-0.2, 0) is 11.3 Å². The highest BCUT2D eigenvalue weighted by Gasteiger charge is 2.40. The molecule has 1 aromatic heterocycles. The normalized spacial score (nSPS) is 25.6. The molecule has 118 valence electrons. The van der Waals surface area contributed by atoms with E-state index >= 15 is 0 Å². The van der Waals surface area contributed by atoms with Gasteiger partial charge in [-0.15, -0.1) is 0 Å². The Morgan fingerprint density at radius 2 is 2.14 bits per heavy atom. The Bertz CT molecular complexity index is 469. The number of rotatable bonds is 3. The molecule has 0 bridgehead atoms. The lowest BCUT2D eigenvalue weighted by Gasteiger charge is -2.38. The Kier molecular flexibility index (Phi) is 4.10. The second-order valence-electron chi connectivity index (χ2n) is 7.78. The number of hydrogen-bond donors (Lipinski definition) is 1. The van der Waals surface area contributed by atoms with E-state index in [1.165, 1.54) is 25.7 Å². The summed E-state index contributed by atoms with van der Waals surface area (Å²) in [5, 5.41) is 8.29. The molecular formula is C17H29N3O. The molecule has 1 atom stereocenters. The Morgan fingerprint density at radius 1 is 1.38 bits per heavy atom. The molecule has 0 amide bonds. The van der Waals surface area contributed by atoms with Crippen molar-refractivity contribution >= 4 is 0 Å². The first-order valence-electron chi connectivity index (χ1n) is 8.39. The highest BCUT2D eigenvalue weighted by atomic mass is 16.5. The van der Waals surface area contributed by atoms with Crippen LogP contribution in [0.5, 0.6) is 0 Å². The zero-order valence-electron chi connectivity index (χ0n) is 13.7. The fraction of sp³-hybridized carbons (Fsp3) is 0.824. The van der Waals surface area contributed by atoms with Crippen molar-refractivity contribution < 1.29 is 4.74 Å². The summed E-state index contributed by atoms with van der Waals surface area (Å²) in [4.78, 5) is 0. The van der Waals surface area contributed by atoms with Crippen LogP contribution in [0.4, 0.5) is 0 Å². The van der Waals surface area contributed by atoms with Crippen LogP contribution < -0.4 is 5.32 Å². The second-order valence-corrected chi connectivity index (χ2v) is 7.78. The van der Waals surface area contributed by atoms with E-state index in [1.54, 1.807) is 0 Å². The van der Waals surface area contributed by atoms with Gasteiger partial charge in [0.15, 0.2) is 0 Å². The van der Waals surface area contributed by atoms with Crippen molar-refractivity contribution in [1.82, 2.24) is 15.1 Å². The molecule has 3 rings (SSSR count). The van der Waals surface area contributed by atoms with E-state index in [-0.39, 0.29) is 11.1 Å². The predicted octanol–water partition coefficient (Wildman–Crippen LogP) is 3.44. The van der Waals surface area contributed by atoms with E-state index in [2.05, 4.69) is 43.0 Å². The maximum atomic E-state index is 6.12. The first kappa shape index (κ1) is 15.0. The molecule has 1 saturated carbocycles. The van der Waals surface area contributed by atoms with Gasteiger partial charge in [0.1, 0.15) is 0 Å². The molecule has 4 heteroatoms. The Labute approximate surface area is 128 Å². The summed E-state index contributed by atoms with van der Waals surface area (Å²) in [7, 11) is 0. The highest BCUT2D eigenvalue weighted by Crippen LogP contribution is 2.43. The summed E-state index contributed by atoms with van der Waals surface area (Å²) in [6, 6.07) is 2.66. The monoisotopic (exact) mass is 291 g/mol. The lowest BCUT2D eigenvalue weighted by atomic mass is 9.89. The van der Waals surface area contributed by atoms with Gasteiger partial charge in [0.05, 0.1) is 17.3 Å². The first-order chi connectivity index (χ1) is 9.96. The maximum absolute atomic E-state index is 6.12. The second kappa shape index (κ2) is 5.73. The van der Waals surface area contributed by atoms with Crippen molar-refractivity contribution in [1.29, 1.82) is 0 Å². The molecule has 1 aliphatic heterocycles. The molecule has 2 aliphatic rings. The highest BCUT2D eigenvalue weighted by molar-refractivity contribution is 5.02. The maximum Gasteiger partial charge on any atom is 0.0762 e. The van der Waals surface area contributed by atoms with Gasteiger partial charge < -0.3 is 10.1 Å². The SMILES string of the molecule is CC(C)(C)NCc1ccn(C2CCOC3(CCCC3)C2)n1. The fourth-order valence-corrected chi connectivity index (χ4v) is 3.63. The minimum atomic E-state index is 0.135. The quantitative estimate of drug-likeness (QED) is 0.927. The zero-order valence-corrected chi connectivity index (χ0v) is 13.7. The minimum Gasteiger partial charge on any atom is -0.375 e. The summed E-state index contributed by atoms with van der Waals surface area (Å²) in [6.45, 7) is 8.29. The van der Waals surface area contributed by atoms with Crippen LogP contribution >= 0.6 is 0 Å². The Morgan fingerprint density at radius 3 is 2.86 bits per heavy atom. The van der Waals surface area contributed by atoms with Crippen molar-refractivity contribution in [3.05, 3.63) is 18.0 Å². The lowest BCUT2D eigenvalue weighted by molar-refractivity contribution is -0.0910. The molecule has 1 aromatic rings. The van der Waals surface area contributed by atoms with Gasteiger partial charge in [0, 0.05) is 24.9 Å². The molecule has 1 saturated heterocycles. The summed E-state index contributed by atoms with van der Waals surface area (Å²) in [5.41, 5.74) is 1.44. The van der Waals surface area contributed by atoms with Crippen molar-refractivity contribution in [2.45, 2.75) is 83.0 Å². The van der Waals surface area contributed by atoms with E-state index in [1.807, 2.05) is 0 Å². The van der Waals surface area contributed by atoms with E-state index < -0.39 is 0 Å². The van der Waals surface area contributed by atoms with Gasteiger partial charge in [-0.05, 0) is 52.5 Å². The summed E-state index contributed by atoms with van der Waals surface area (Å²) < 4.78 is 8.31. The average Bonchev–Trinajstić information content (AvgIpc) is 3.06. The van der Waals surface area contributed by atoms with Crippen LogP contribution in [0.3, 0.4) is 0 Å². The van der Waals surface area contributed by atoms with Crippen LogP contribution in [0.15, 0.2) is 12.3 Å². The zero-order chi connectivity index (χ0) is 14.9. The summed E-state index contributed by atoms with van der Waals surface area (Å²) >= 11 is 0. The van der Waals surface area contributed by atoms with Gasteiger partial charge in [-0.1, -0.05) is 12.8 Å². The van der Waals surface area contributed by atoms with Gasteiger partial charge in [0.2, 0.25) is 0 Å². The minimum absolute atomic E-state index is 0.135. The standard InChI is InChI=1S/C17H29N3O/c1-16(2,3)18-13-14-6-10-20(19-14)15-7-11-21-17(12-15)8-4-5-9-17/h6,10,15,18H,4-5,7-9,11-13H2,1-3H3. The molecule has 2 fully saturated rings. The molecule has 21 heavy (non-hydrogen) atoms.